The Morgan fingerprint density at radius 3 is 2.56 bits per heavy atom. The average Bonchev–Trinajstić information content (AvgIpc) is 3.59. The van der Waals surface area contributed by atoms with E-state index in [-0.39, 0.29) is 24.3 Å². The second-order valence-electron chi connectivity index (χ2n) is 9.63. The van der Waals surface area contributed by atoms with Crippen LogP contribution in [-0.2, 0) is 19.1 Å². The molecular weight excluding hydrogens is 643 g/mol. The quantitative estimate of drug-likeness (QED) is 0.208. The number of allylic oxidation sites excluding steroid dienone is 1. The number of halogens is 2. The predicted octanol–water partition coefficient (Wildman–Crippen LogP) is 5.32. The lowest BCUT2D eigenvalue weighted by Crippen LogP contribution is -2.40. The van der Waals surface area contributed by atoms with Crippen molar-refractivity contribution in [2.45, 2.75) is 26.8 Å². The van der Waals surface area contributed by atoms with E-state index in [0.717, 1.165) is 11.3 Å². The van der Waals surface area contributed by atoms with Crippen LogP contribution in [0, 0.1) is 0 Å². The third-order valence-corrected chi connectivity index (χ3v) is 8.30. The van der Waals surface area contributed by atoms with Gasteiger partial charge in [-0.15, -0.1) is 0 Å². The van der Waals surface area contributed by atoms with Crippen LogP contribution in [0.25, 0.3) is 17.4 Å². The number of nitrogens with zero attached hydrogens (tertiary/aromatic N) is 2. The zero-order chi connectivity index (χ0) is 32.2. The molecule has 0 saturated heterocycles. The van der Waals surface area contributed by atoms with Gasteiger partial charge in [0, 0.05) is 16.7 Å². The van der Waals surface area contributed by atoms with Crippen LogP contribution in [0.15, 0.2) is 74.0 Å². The molecular formula is C32H28Cl2N2O8S. The van der Waals surface area contributed by atoms with E-state index in [2.05, 4.69) is 9.73 Å². The van der Waals surface area contributed by atoms with Crippen molar-refractivity contribution in [2.24, 2.45) is 4.99 Å². The molecule has 4 aromatic rings. The predicted molar refractivity (Wildman–Crippen MR) is 170 cm³/mol. The summed E-state index contributed by atoms with van der Waals surface area (Å²) in [6.07, 6.45) is 1.62. The van der Waals surface area contributed by atoms with E-state index in [1.54, 1.807) is 75.4 Å². The first-order valence-corrected chi connectivity index (χ1v) is 15.4. The van der Waals surface area contributed by atoms with Gasteiger partial charge in [0.05, 0.1) is 47.2 Å². The molecule has 0 saturated carbocycles. The number of carbonyl (C=O) groups excluding carboxylic acids is 2. The smallest absolute Gasteiger partial charge is 0.343 e. The van der Waals surface area contributed by atoms with Crippen LogP contribution >= 0.6 is 34.5 Å². The minimum Gasteiger partial charge on any atom is -0.490 e. The molecule has 1 aliphatic heterocycles. The Kier molecular flexibility index (Phi) is 9.81. The van der Waals surface area contributed by atoms with Crippen molar-refractivity contribution in [3.63, 3.8) is 0 Å². The lowest BCUT2D eigenvalue weighted by atomic mass is 9.95. The summed E-state index contributed by atoms with van der Waals surface area (Å²) in [4.78, 5) is 44.0. The molecule has 0 spiro atoms. The van der Waals surface area contributed by atoms with E-state index in [9.17, 15) is 14.4 Å². The van der Waals surface area contributed by atoms with Crippen molar-refractivity contribution in [2.75, 3.05) is 26.9 Å². The van der Waals surface area contributed by atoms with Gasteiger partial charge in [-0.05, 0) is 68.8 Å². The molecule has 2 aromatic heterocycles. The Hall–Kier alpha value is -4.32. The summed E-state index contributed by atoms with van der Waals surface area (Å²) >= 11 is 13.5. The molecule has 0 radical (unpaired) electrons. The Balaban J connectivity index is 1.62. The minimum absolute atomic E-state index is 0.135. The highest BCUT2D eigenvalue weighted by Crippen LogP contribution is 2.37. The SMILES string of the molecule is CCOC(=O)C1=C(C)N=c2s/c(=C/c3ccc(-c4ccc(Cl)cc4Cl)o3)c(=O)n2[C@H]1c1ccc(OCC(=O)OC)c(OCC)c1. The van der Waals surface area contributed by atoms with E-state index in [4.69, 9.17) is 41.8 Å². The van der Waals surface area contributed by atoms with Crippen molar-refractivity contribution >= 4 is 52.6 Å². The molecule has 0 N–H and O–H groups in total. The van der Waals surface area contributed by atoms with Gasteiger partial charge in [0.25, 0.3) is 5.56 Å². The maximum absolute atomic E-state index is 14.0. The first kappa shape index (κ1) is 32.1. The lowest BCUT2D eigenvalue weighted by molar-refractivity contribution is -0.143. The highest BCUT2D eigenvalue weighted by molar-refractivity contribution is 7.07. The summed E-state index contributed by atoms with van der Waals surface area (Å²) in [6.45, 7) is 5.31. The molecule has 3 heterocycles. The molecule has 0 aliphatic carbocycles. The molecule has 0 amide bonds. The number of aromatic nitrogens is 1. The van der Waals surface area contributed by atoms with Crippen LogP contribution in [0.1, 0.15) is 38.1 Å². The number of ether oxygens (including phenoxy) is 4. The number of carbonyl (C=O) groups is 2. The van der Waals surface area contributed by atoms with Gasteiger partial charge in [-0.3, -0.25) is 9.36 Å². The number of hydrogen-bond acceptors (Lipinski definition) is 10. The number of methoxy groups -OCH3 is 1. The third-order valence-electron chi connectivity index (χ3n) is 6.77. The number of fused-ring (bicyclic) bond motifs is 1. The molecule has 5 rings (SSSR count). The molecule has 1 aliphatic rings. The highest BCUT2D eigenvalue weighted by atomic mass is 35.5. The van der Waals surface area contributed by atoms with Crippen LogP contribution in [-0.4, -0.2) is 43.4 Å². The number of hydrogen-bond donors (Lipinski definition) is 0. The highest BCUT2D eigenvalue weighted by Gasteiger charge is 2.34. The molecule has 1 atom stereocenters. The lowest BCUT2D eigenvalue weighted by Gasteiger charge is -2.25. The summed E-state index contributed by atoms with van der Waals surface area (Å²) in [7, 11) is 1.26. The molecule has 0 unspecified atom stereocenters. The number of rotatable bonds is 10. The van der Waals surface area contributed by atoms with Gasteiger partial charge in [0.2, 0.25) is 0 Å². The Labute approximate surface area is 271 Å². The summed E-state index contributed by atoms with van der Waals surface area (Å²) in [5.74, 6) is 0.389. The largest absolute Gasteiger partial charge is 0.490 e. The first-order valence-electron chi connectivity index (χ1n) is 13.9. The zero-order valence-corrected chi connectivity index (χ0v) is 27.0. The summed E-state index contributed by atoms with van der Waals surface area (Å²) in [5.41, 5.74) is 1.43. The van der Waals surface area contributed by atoms with Crippen molar-refractivity contribution < 1.29 is 33.0 Å². The molecule has 0 bridgehead atoms. The topological polar surface area (TPSA) is 119 Å². The third kappa shape index (κ3) is 6.70. The van der Waals surface area contributed by atoms with Crippen LogP contribution in [0.5, 0.6) is 11.5 Å². The van der Waals surface area contributed by atoms with Gasteiger partial charge in [-0.25, -0.2) is 14.6 Å². The molecule has 2 aromatic carbocycles. The maximum Gasteiger partial charge on any atom is 0.343 e. The van der Waals surface area contributed by atoms with Crippen molar-refractivity contribution in [1.29, 1.82) is 0 Å². The second kappa shape index (κ2) is 13.8. The first-order chi connectivity index (χ1) is 21.6. The van der Waals surface area contributed by atoms with Gasteiger partial charge in [0.15, 0.2) is 22.9 Å². The van der Waals surface area contributed by atoms with Gasteiger partial charge >= 0.3 is 11.9 Å². The zero-order valence-electron chi connectivity index (χ0n) is 24.7. The Bertz CT molecular complexity index is 1990. The molecule has 10 nitrogen and oxygen atoms in total. The van der Waals surface area contributed by atoms with Crippen LogP contribution in [0.4, 0.5) is 0 Å². The maximum atomic E-state index is 14.0. The van der Waals surface area contributed by atoms with E-state index in [1.165, 1.54) is 11.7 Å². The number of esters is 2. The standard InChI is InChI=1S/C32H28Cl2N2O8S/c1-5-41-25-13-18(7-11-24(25)43-16-27(37)40-4)29-28(31(39)42-6-2)17(3)35-32-36(29)30(38)26(45-32)15-20-9-12-23(44-20)21-10-8-19(33)14-22(21)34/h7-15,29H,5-6,16H2,1-4H3/b26-15+/t29-/m0/s1. The van der Waals surface area contributed by atoms with Gasteiger partial charge in [0.1, 0.15) is 11.5 Å². The average molecular weight is 672 g/mol. The van der Waals surface area contributed by atoms with E-state index in [1.807, 2.05) is 0 Å². The van der Waals surface area contributed by atoms with Crippen molar-refractivity contribution in [3.05, 3.63) is 101 Å². The fourth-order valence-corrected chi connectivity index (χ4v) is 6.31. The van der Waals surface area contributed by atoms with Crippen LogP contribution < -0.4 is 24.4 Å². The second-order valence-corrected chi connectivity index (χ2v) is 11.5. The summed E-state index contributed by atoms with van der Waals surface area (Å²) < 4.78 is 29.3. The van der Waals surface area contributed by atoms with Crippen molar-refractivity contribution in [1.82, 2.24) is 4.57 Å². The van der Waals surface area contributed by atoms with Crippen LogP contribution in [0.2, 0.25) is 10.0 Å². The van der Waals surface area contributed by atoms with E-state index < -0.39 is 18.0 Å². The molecule has 0 fully saturated rings. The fourth-order valence-electron chi connectivity index (χ4n) is 4.78. The summed E-state index contributed by atoms with van der Waals surface area (Å²) in [5, 5.41) is 0.929. The molecule has 234 valence electrons. The van der Waals surface area contributed by atoms with Gasteiger partial charge < -0.3 is 23.4 Å². The Morgan fingerprint density at radius 1 is 1.04 bits per heavy atom. The van der Waals surface area contributed by atoms with Crippen molar-refractivity contribution in [3.8, 4) is 22.8 Å². The molecule has 13 heteroatoms. The van der Waals surface area contributed by atoms with Crippen LogP contribution in [0.3, 0.4) is 0 Å². The van der Waals surface area contributed by atoms with E-state index >= 15 is 0 Å². The number of benzene rings is 2. The van der Waals surface area contributed by atoms with Gasteiger partial charge in [-0.1, -0.05) is 40.6 Å². The number of thiazole rings is 1. The van der Waals surface area contributed by atoms with E-state index in [0.29, 0.717) is 65.8 Å². The molecule has 45 heavy (non-hydrogen) atoms. The fraction of sp³-hybridized carbons (Fsp3) is 0.250. The van der Waals surface area contributed by atoms with Gasteiger partial charge in [-0.2, -0.15) is 0 Å². The normalized spacial score (nSPS) is 14.5. The Morgan fingerprint density at radius 2 is 1.84 bits per heavy atom. The number of furan rings is 1. The summed E-state index contributed by atoms with van der Waals surface area (Å²) in [6, 6.07) is 12.7. The minimum atomic E-state index is -0.892. The monoisotopic (exact) mass is 670 g/mol.